The Hall–Kier alpha value is -1.71. The average Bonchev–Trinajstić information content (AvgIpc) is 2.28. The second-order valence-corrected chi connectivity index (χ2v) is 3.67. The van der Waals surface area contributed by atoms with Crippen LogP contribution in [0.2, 0.25) is 0 Å². The van der Waals surface area contributed by atoms with Gasteiger partial charge < -0.3 is 14.4 Å². The summed E-state index contributed by atoms with van der Waals surface area (Å²) < 4.78 is 10.6. The molecule has 4 heteroatoms. The van der Waals surface area contributed by atoms with Crippen LogP contribution >= 0.6 is 0 Å². The molecular formula is C12H17NO3. The normalized spacial score (nSPS) is 11.8. The number of carbonyl (C=O) groups is 1. The fourth-order valence-electron chi connectivity index (χ4n) is 1.29. The molecule has 0 bridgehead atoms. The standard InChI is InChI=1S/C12H17NO3/c1-9(12(14)13(2)3)16-11-7-5-6-10(8-11)15-4/h5-9H,1-4H3. The summed E-state index contributed by atoms with van der Waals surface area (Å²) >= 11 is 0. The van der Waals surface area contributed by atoms with Gasteiger partial charge in [-0.1, -0.05) is 6.07 Å². The molecule has 0 radical (unpaired) electrons. The third-order valence-corrected chi connectivity index (χ3v) is 2.14. The Labute approximate surface area is 95.8 Å². The maximum absolute atomic E-state index is 11.6. The lowest BCUT2D eigenvalue weighted by Gasteiger charge is -2.18. The minimum atomic E-state index is -0.498. The Kier molecular flexibility index (Phi) is 4.17. The molecule has 0 N–H and O–H groups in total. The third-order valence-electron chi connectivity index (χ3n) is 2.14. The first-order chi connectivity index (χ1) is 7.54. The lowest BCUT2D eigenvalue weighted by atomic mass is 10.3. The van der Waals surface area contributed by atoms with Crippen LogP contribution in [0, 0.1) is 0 Å². The monoisotopic (exact) mass is 223 g/mol. The van der Waals surface area contributed by atoms with Gasteiger partial charge in [-0.3, -0.25) is 4.79 Å². The van der Waals surface area contributed by atoms with Crippen molar-refractivity contribution in [1.29, 1.82) is 0 Å². The maximum Gasteiger partial charge on any atom is 0.262 e. The molecule has 0 aliphatic carbocycles. The van der Waals surface area contributed by atoms with Crippen molar-refractivity contribution in [3.63, 3.8) is 0 Å². The topological polar surface area (TPSA) is 38.8 Å². The van der Waals surface area contributed by atoms with E-state index in [9.17, 15) is 4.79 Å². The highest BCUT2D eigenvalue weighted by atomic mass is 16.5. The number of nitrogens with zero attached hydrogens (tertiary/aromatic N) is 1. The van der Waals surface area contributed by atoms with E-state index >= 15 is 0 Å². The van der Waals surface area contributed by atoms with Crippen molar-refractivity contribution in [3.05, 3.63) is 24.3 Å². The van der Waals surface area contributed by atoms with Gasteiger partial charge in [0.05, 0.1) is 7.11 Å². The number of hydrogen-bond acceptors (Lipinski definition) is 3. The molecule has 0 aromatic heterocycles. The zero-order valence-corrected chi connectivity index (χ0v) is 10.1. The molecule has 0 aliphatic rings. The Bertz CT molecular complexity index is 363. The van der Waals surface area contributed by atoms with Gasteiger partial charge in [-0.25, -0.2) is 0 Å². The molecule has 0 aliphatic heterocycles. The molecule has 1 atom stereocenters. The van der Waals surface area contributed by atoms with E-state index in [0.29, 0.717) is 11.5 Å². The van der Waals surface area contributed by atoms with Gasteiger partial charge in [-0.15, -0.1) is 0 Å². The number of benzene rings is 1. The minimum absolute atomic E-state index is 0.0668. The second-order valence-electron chi connectivity index (χ2n) is 3.67. The number of rotatable bonds is 4. The highest BCUT2D eigenvalue weighted by Crippen LogP contribution is 2.20. The molecule has 16 heavy (non-hydrogen) atoms. The van der Waals surface area contributed by atoms with E-state index in [0.717, 1.165) is 0 Å². The molecule has 88 valence electrons. The first-order valence-corrected chi connectivity index (χ1v) is 5.06. The molecular weight excluding hydrogens is 206 g/mol. The molecule has 0 heterocycles. The first kappa shape index (κ1) is 12.4. The van der Waals surface area contributed by atoms with Crippen molar-refractivity contribution in [2.75, 3.05) is 21.2 Å². The molecule has 1 aromatic rings. The number of amides is 1. The summed E-state index contributed by atoms with van der Waals surface area (Å²) in [5.74, 6) is 1.27. The fourth-order valence-corrected chi connectivity index (χ4v) is 1.29. The molecule has 0 saturated carbocycles. The largest absolute Gasteiger partial charge is 0.497 e. The van der Waals surface area contributed by atoms with E-state index in [-0.39, 0.29) is 5.91 Å². The Balaban J connectivity index is 2.69. The molecule has 4 nitrogen and oxygen atoms in total. The van der Waals surface area contributed by atoms with E-state index in [1.165, 1.54) is 4.90 Å². The van der Waals surface area contributed by atoms with Gasteiger partial charge in [0.1, 0.15) is 11.5 Å². The van der Waals surface area contributed by atoms with Gasteiger partial charge in [0, 0.05) is 20.2 Å². The van der Waals surface area contributed by atoms with Crippen LogP contribution in [0.3, 0.4) is 0 Å². The second kappa shape index (κ2) is 5.39. The zero-order valence-electron chi connectivity index (χ0n) is 10.1. The summed E-state index contributed by atoms with van der Waals surface area (Å²) in [5, 5.41) is 0. The summed E-state index contributed by atoms with van der Waals surface area (Å²) in [6.45, 7) is 1.72. The van der Waals surface area contributed by atoms with Crippen molar-refractivity contribution in [3.8, 4) is 11.5 Å². The molecule has 0 saturated heterocycles. The van der Waals surface area contributed by atoms with Gasteiger partial charge in [0.25, 0.3) is 5.91 Å². The SMILES string of the molecule is COc1cccc(OC(C)C(=O)N(C)C)c1. The van der Waals surface area contributed by atoms with Crippen molar-refractivity contribution < 1.29 is 14.3 Å². The third kappa shape index (κ3) is 3.15. The van der Waals surface area contributed by atoms with Crippen molar-refractivity contribution >= 4 is 5.91 Å². The Morgan fingerprint density at radius 2 is 1.94 bits per heavy atom. The molecule has 1 amide bonds. The van der Waals surface area contributed by atoms with Crippen molar-refractivity contribution in [2.24, 2.45) is 0 Å². The van der Waals surface area contributed by atoms with Crippen LogP contribution in [-0.2, 0) is 4.79 Å². The van der Waals surface area contributed by atoms with Gasteiger partial charge in [0.2, 0.25) is 0 Å². The van der Waals surface area contributed by atoms with Gasteiger partial charge >= 0.3 is 0 Å². The van der Waals surface area contributed by atoms with Crippen LogP contribution in [0.4, 0.5) is 0 Å². The molecule has 0 spiro atoms. The molecule has 0 fully saturated rings. The quantitative estimate of drug-likeness (QED) is 0.777. The van der Waals surface area contributed by atoms with Gasteiger partial charge in [-0.2, -0.15) is 0 Å². The number of likely N-dealkylation sites (N-methyl/N-ethyl adjacent to an activating group) is 1. The highest BCUT2D eigenvalue weighted by Gasteiger charge is 2.16. The fraction of sp³-hybridized carbons (Fsp3) is 0.417. The first-order valence-electron chi connectivity index (χ1n) is 5.06. The highest BCUT2D eigenvalue weighted by molar-refractivity contribution is 5.80. The molecule has 1 unspecified atom stereocenters. The van der Waals surface area contributed by atoms with Crippen LogP contribution in [0.1, 0.15) is 6.92 Å². The van der Waals surface area contributed by atoms with Crippen LogP contribution in [0.15, 0.2) is 24.3 Å². The van der Waals surface area contributed by atoms with Gasteiger partial charge in [0.15, 0.2) is 6.10 Å². The number of ether oxygens (including phenoxy) is 2. The summed E-state index contributed by atoms with van der Waals surface area (Å²) in [5.41, 5.74) is 0. The van der Waals surface area contributed by atoms with E-state index < -0.39 is 6.10 Å². The Morgan fingerprint density at radius 3 is 2.50 bits per heavy atom. The average molecular weight is 223 g/mol. The number of methoxy groups -OCH3 is 1. The summed E-state index contributed by atoms with van der Waals surface area (Å²) in [6, 6.07) is 7.19. The number of carbonyl (C=O) groups excluding carboxylic acids is 1. The lowest BCUT2D eigenvalue weighted by Crippen LogP contribution is -2.35. The van der Waals surface area contributed by atoms with Crippen LogP contribution in [-0.4, -0.2) is 38.1 Å². The van der Waals surface area contributed by atoms with Crippen molar-refractivity contribution in [2.45, 2.75) is 13.0 Å². The predicted molar refractivity (Wildman–Crippen MR) is 61.8 cm³/mol. The maximum atomic E-state index is 11.6. The molecule has 1 rings (SSSR count). The Morgan fingerprint density at radius 1 is 1.31 bits per heavy atom. The smallest absolute Gasteiger partial charge is 0.262 e. The van der Waals surface area contributed by atoms with Gasteiger partial charge in [-0.05, 0) is 19.1 Å². The predicted octanol–water partition coefficient (Wildman–Crippen LogP) is 1.55. The van der Waals surface area contributed by atoms with Crippen LogP contribution in [0.25, 0.3) is 0 Å². The summed E-state index contributed by atoms with van der Waals surface area (Å²) in [6.07, 6.45) is -0.498. The zero-order chi connectivity index (χ0) is 12.1. The lowest BCUT2D eigenvalue weighted by molar-refractivity contribution is -0.135. The van der Waals surface area contributed by atoms with Crippen LogP contribution < -0.4 is 9.47 Å². The van der Waals surface area contributed by atoms with E-state index in [1.807, 2.05) is 12.1 Å². The number of hydrogen-bond donors (Lipinski definition) is 0. The summed E-state index contributed by atoms with van der Waals surface area (Å²) in [4.78, 5) is 13.1. The van der Waals surface area contributed by atoms with Crippen LogP contribution in [0.5, 0.6) is 11.5 Å². The minimum Gasteiger partial charge on any atom is -0.497 e. The van der Waals surface area contributed by atoms with Crippen molar-refractivity contribution in [1.82, 2.24) is 4.90 Å². The van der Waals surface area contributed by atoms with E-state index in [4.69, 9.17) is 9.47 Å². The molecule has 1 aromatic carbocycles. The van der Waals surface area contributed by atoms with E-state index in [1.54, 1.807) is 40.3 Å². The van der Waals surface area contributed by atoms with E-state index in [2.05, 4.69) is 0 Å². The summed E-state index contributed by atoms with van der Waals surface area (Å²) in [7, 11) is 5.00.